The van der Waals surface area contributed by atoms with Crippen LogP contribution in [0.3, 0.4) is 0 Å². The normalized spacial score (nSPS) is 10.1. The number of nitrogens with one attached hydrogen (secondary N) is 1. The molecule has 0 aromatic carbocycles. The summed E-state index contributed by atoms with van der Waals surface area (Å²) >= 11 is 0. The topological polar surface area (TPSA) is 58.1 Å². The Morgan fingerprint density at radius 3 is 2.75 bits per heavy atom. The second kappa shape index (κ2) is 6.90. The average molecular weight is 222 g/mol. The molecular weight excluding hydrogens is 204 g/mol. The first kappa shape index (κ1) is 12.6. The summed E-state index contributed by atoms with van der Waals surface area (Å²) in [6.07, 6.45) is 1.63. The molecule has 16 heavy (non-hydrogen) atoms. The van der Waals surface area contributed by atoms with E-state index < -0.39 is 0 Å². The first-order valence-electron chi connectivity index (χ1n) is 5.53. The van der Waals surface area contributed by atoms with Crippen molar-refractivity contribution < 1.29 is 4.79 Å². The standard InChI is InChI=1S/C11H18N4O/c1-3-15(4-2)11(16)9-12-8-10-6-5-7-13-14-10/h5-7,12H,3-4,8-9H2,1-2H3. The van der Waals surface area contributed by atoms with Gasteiger partial charge in [-0.25, -0.2) is 0 Å². The van der Waals surface area contributed by atoms with Crippen molar-refractivity contribution in [1.82, 2.24) is 20.4 Å². The fourth-order valence-corrected chi connectivity index (χ4v) is 1.41. The van der Waals surface area contributed by atoms with E-state index in [4.69, 9.17) is 0 Å². The lowest BCUT2D eigenvalue weighted by molar-refractivity contribution is -0.129. The lowest BCUT2D eigenvalue weighted by Crippen LogP contribution is -2.37. The van der Waals surface area contributed by atoms with Crippen LogP contribution in [0.25, 0.3) is 0 Å². The Morgan fingerprint density at radius 1 is 1.44 bits per heavy atom. The zero-order chi connectivity index (χ0) is 11.8. The van der Waals surface area contributed by atoms with E-state index in [9.17, 15) is 4.79 Å². The zero-order valence-corrected chi connectivity index (χ0v) is 9.81. The van der Waals surface area contributed by atoms with Gasteiger partial charge in [0.25, 0.3) is 0 Å². The highest BCUT2D eigenvalue weighted by atomic mass is 16.2. The molecule has 0 fully saturated rings. The van der Waals surface area contributed by atoms with E-state index in [0.29, 0.717) is 13.1 Å². The van der Waals surface area contributed by atoms with E-state index in [2.05, 4.69) is 15.5 Å². The quantitative estimate of drug-likeness (QED) is 0.758. The third-order valence-electron chi connectivity index (χ3n) is 2.33. The van der Waals surface area contributed by atoms with E-state index in [1.165, 1.54) is 0 Å². The smallest absolute Gasteiger partial charge is 0.236 e. The minimum absolute atomic E-state index is 0.119. The van der Waals surface area contributed by atoms with Crippen molar-refractivity contribution in [3.8, 4) is 0 Å². The molecular formula is C11H18N4O. The maximum absolute atomic E-state index is 11.6. The van der Waals surface area contributed by atoms with Gasteiger partial charge in [0.1, 0.15) is 0 Å². The van der Waals surface area contributed by atoms with Crippen LogP contribution in [0.4, 0.5) is 0 Å². The van der Waals surface area contributed by atoms with Gasteiger partial charge in [-0.2, -0.15) is 10.2 Å². The van der Waals surface area contributed by atoms with Crippen molar-refractivity contribution in [3.63, 3.8) is 0 Å². The largest absolute Gasteiger partial charge is 0.342 e. The molecule has 0 aliphatic heterocycles. The molecule has 0 saturated carbocycles. The molecule has 0 aliphatic carbocycles. The number of aromatic nitrogens is 2. The number of likely N-dealkylation sites (N-methyl/N-ethyl adjacent to an activating group) is 1. The summed E-state index contributed by atoms with van der Waals surface area (Å²) in [5, 5.41) is 10.7. The van der Waals surface area contributed by atoms with Crippen LogP contribution in [0, 0.1) is 0 Å². The molecule has 0 unspecified atom stereocenters. The highest BCUT2D eigenvalue weighted by Crippen LogP contribution is 1.91. The number of hydrogen-bond donors (Lipinski definition) is 1. The van der Waals surface area contributed by atoms with Crippen molar-refractivity contribution >= 4 is 5.91 Å². The number of amides is 1. The lowest BCUT2D eigenvalue weighted by Gasteiger charge is -2.18. The Morgan fingerprint density at radius 2 is 2.19 bits per heavy atom. The van der Waals surface area contributed by atoms with E-state index >= 15 is 0 Å². The lowest BCUT2D eigenvalue weighted by atomic mass is 10.4. The molecule has 0 saturated heterocycles. The fraction of sp³-hybridized carbons (Fsp3) is 0.545. The number of nitrogens with zero attached hydrogens (tertiary/aromatic N) is 3. The van der Waals surface area contributed by atoms with E-state index in [0.717, 1.165) is 18.8 Å². The average Bonchev–Trinajstić information content (AvgIpc) is 2.32. The summed E-state index contributed by atoms with van der Waals surface area (Å²) in [7, 11) is 0. The highest BCUT2D eigenvalue weighted by Gasteiger charge is 2.08. The van der Waals surface area contributed by atoms with Gasteiger partial charge < -0.3 is 10.2 Å². The van der Waals surface area contributed by atoms with E-state index in [1.54, 1.807) is 11.1 Å². The van der Waals surface area contributed by atoms with Crippen molar-refractivity contribution in [3.05, 3.63) is 24.0 Å². The van der Waals surface area contributed by atoms with E-state index in [-0.39, 0.29) is 5.91 Å². The predicted octanol–water partition coefficient (Wildman–Crippen LogP) is 0.435. The molecule has 88 valence electrons. The minimum Gasteiger partial charge on any atom is -0.342 e. The summed E-state index contributed by atoms with van der Waals surface area (Å²) < 4.78 is 0. The molecule has 0 bridgehead atoms. The van der Waals surface area contributed by atoms with Crippen LogP contribution >= 0.6 is 0 Å². The van der Waals surface area contributed by atoms with Crippen LogP contribution in [0.2, 0.25) is 0 Å². The molecule has 5 nitrogen and oxygen atoms in total. The van der Waals surface area contributed by atoms with Gasteiger partial charge in [-0.15, -0.1) is 0 Å². The molecule has 5 heteroatoms. The molecule has 0 radical (unpaired) electrons. The number of rotatable bonds is 6. The van der Waals surface area contributed by atoms with E-state index in [1.807, 2.05) is 26.0 Å². The molecule has 1 amide bonds. The van der Waals surface area contributed by atoms with Gasteiger partial charge in [0.15, 0.2) is 0 Å². The SMILES string of the molecule is CCN(CC)C(=O)CNCc1cccnn1. The summed E-state index contributed by atoms with van der Waals surface area (Å²) in [5.41, 5.74) is 0.842. The monoisotopic (exact) mass is 222 g/mol. The van der Waals surface area contributed by atoms with Crippen molar-refractivity contribution in [1.29, 1.82) is 0 Å². The van der Waals surface area contributed by atoms with Gasteiger partial charge in [-0.1, -0.05) is 0 Å². The highest BCUT2D eigenvalue weighted by molar-refractivity contribution is 5.78. The molecule has 0 aliphatic rings. The first-order valence-corrected chi connectivity index (χ1v) is 5.53. The van der Waals surface area contributed by atoms with Gasteiger partial charge in [-0.3, -0.25) is 4.79 Å². The van der Waals surface area contributed by atoms with Gasteiger partial charge in [0, 0.05) is 25.8 Å². The Balaban J connectivity index is 2.28. The third-order valence-corrected chi connectivity index (χ3v) is 2.33. The van der Waals surface area contributed by atoms with Crippen LogP contribution in [-0.2, 0) is 11.3 Å². The predicted molar refractivity (Wildman–Crippen MR) is 61.7 cm³/mol. The van der Waals surface area contributed by atoms with Crippen molar-refractivity contribution in [2.75, 3.05) is 19.6 Å². The Bertz CT molecular complexity index is 311. The van der Waals surface area contributed by atoms with Crippen LogP contribution in [-0.4, -0.2) is 40.6 Å². The fourth-order valence-electron chi connectivity index (χ4n) is 1.41. The summed E-state index contributed by atoms with van der Waals surface area (Å²) in [6.45, 7) is 6.37. The van der Waals surface area contributed by atoms with Crippen LogP contribution in [0.5, 0.6) is 0 Å². The first-order chi connectivity index (χ1) is 7.77. The minimum atomic E-state index is 0.119. The maximum Gasteiger partial charge on any atom is 0.236 e. The van der Waals surface area contributed by atoms with Crippen LogP contribution in [0.1, 0.15) is 19.5 Å². The maximum atomic E-state index is 11.6. The Kier molecular flexibility index (Phi) is 5.42. The van der Waals surface area contributed by atoms with Gasteiger partial charge >= 0.3 is 0 Å². The second-order valence-electron chi connectivity index (χ2n) is 3.38. The molecule has 0 atom stereocenters. The van der Waals surface area contributed by atoms with Crippen LogP contribution < -0.4 is 5.32 Å². The molecule has 1 rings (SSSR count). The van der Waals surface area contributed by atoms with Gasteiger partial charge in [-0.05, 0) is 26.0 Å². The molecule has 1 aromatic heterocycles. The molecule has 1 N–H and O–H groups in total. The summed E-state index contributed by atoms with van der Waals surface area (Å²) in [5.74, 6) is 0.119. The van der Waals surface area contributed by atoms with Gasteiger partial charge in [0.05, 0.1) is 12.2 Å². The third kappa shape index (κ3) is 3.94. The van der Waals surface area contributed by atoms with Gasteiger partial charge in [0.2, 0.25) is 5.91 Å². The molecule has 1 aromatic rings. The second-order valence-corrected chi connectivity index (χ2v) is 3.38. The summed E-state index contributed by atoms with van der Waals surface area (Å²) in [4.78, 5) is 13.4. The number of carbonyl (C=O) groups excluding carboxylic acids is 1. The summed E-state index contributed by atoms with van der Waals surface area (Å²) in [6, 6.07) is 3.71. The zero-order valence-electron chi connectivity index (χ0n) is 9.81. The van der Waals surface area contributed by atoms with Crippen molar-refractivity contribution in [2.24, 2.45) is 0 Å². The Hall–Kier alpha value is -1.49. The van der Waals surface area contributed by atoms with Crippen molar-refractivity contribution in [2.45, 2.75) is 20.4 Å². The number of carbonyl (C=O) groups is 1. The molecule has 0 spiro atoms. The Labute approximate surface area is 95.9 Å². The number of hydrogen-bond acceptors (Lipinski definition) is 4. The van der Waals surface area contributed by atoms with Crippen LogP contribution in [0.15, 0.2) is 18.3 Å². The molecule has 1 heterocycles.